The highest BCUT2D eigenvalue weighted by Crippen LogP contribution is 2.35. The van der Waals surface area contributed by atoms with Crippen molar-refractivity contribution in [2.24, 2.45) is 0 Å². The molecule has 0 nitrogen and oxygen atoms in total. The summed E-state index contributed by atoms with van der Waals surface area (Å²) in [5.41, 5.74) is -0.667. The molecule has 0 fully saturated rings. The predicted molar refractivity (Wildman–Crippen MR) is 49.7 cm³/mol. The zero-order valence-electron chi connectivity index (χ0n) is 6.73. The van der Waals surface area contributed by atoms with Gasteiger partial charge in [0.15, 0.2) is 0 Å². The van der Waals surface area contributed by atoms with Crippen LogP contribution in [0.4, 0.5) is 13.2 Å². The Hall–Kier alpha value is -0.0900. The van der Waals surface area contributed by atoms with E-state index in [0.29, 0.717) is 0 Å². The molecule has 0 spiro atoms. The van der Waals surface area contributed by atoms with E-state index in [2.05, 4.69) is 0 Å². The van der Waals surface area contributed by atoms with Gasteiger partial charge in [0.2, 0.25) is 0 Å². The van der Waals surface area contributed by atoms with E-state index >= 15 is 0 Å². The summed E-state index contributed by atoms with van der Waals surface area (Å²) in [4.78, 5) is 0. The van der Waals surface area contributed by atoms with Crippen LogP contribution in [0, 0.1) is 6.42 Å². The second-order valence-electron chi connectivity index (χ2n) is 2.52. The fourth-order valence-corrected chi connectivity index (χ4v) is 1.83. The lowest BCUT2D eigenvalue weighted by Crippen LogP contribution is -2.16. The van der Waals surface area contributed by atoms with E-state index in [9.17, 15) is 13.2 Å². The molecule has 1 aliphatic rings. The lowest BCUT2D eigenvalue weighted by atomic mass is 10.1. The van der Waals surface area contributed by atoms with Gasteiger partial charge in [-0.2, -0.15) is 24.9 Å². The maximum atomic E-state index is 12.2. The minimum atomic E-state index is -4.30. The molecule has 5 heteroatoms. The van der Waals surface area contributed by atoms with E-state index in [0.717, 1.165) is 12.2 Å². The summed E-state index contributed by atoms with van der Waals surface area (Å²) in [5, 5.41) is -0.136. The van der Waals surface area contributed by atoms with Crippen LogP contribution in [-0.4, -0.2) is 17.7 Å². The van der Waals surface area contributed by atoms with Crippen LogP contribution in [0.5, 0.6) is 0 Å². The molecule has 1 radical (unpaired) electrons. The van der Waals surface area contributed by atoms with Gasteiger partial charge in [-0.3, -0.25) is 0 Å². The van der Waals surface area contributed by atoms with Crippen molar-refractivity contribution < 1.29 is 13.2 Å². The van der Waals surface area contributed by atoms with Crippen LogP contribution in [0.1, 0.15) is 0 Å². The number of halogens is 4. The predicted octanol–water partition coefficient (Wildman–Crippen LogP) is 3.55. The van der Waals surface area contributed by atoms with Crippen molar-refractivity contribution in [2.45, 2.75) is 11.4 Å². The molecule has 0 aromatic carbocycles. The van der Waals surface area contributed by atoms with Gasteiger partial charge in [-0.15, -0.1) is 0 Å². The van der Waals surface area contributed by atoms with Crippen molar-refractivity contribution in [3.63, 3.8) is 0 Å². The summed E-state index contributed by atoms with van der Waals surface area (Å²) in [6.45, 7) is 0. The maximum absolute atomic E-state index is 12.2. The molecule has 1 rings (SSSR count). The van der Waals surface area contributed by atoms with Gasteiger partial charge in [0, 0.05) is 16.7 Å². The smallest absolute Gasteiger partial charge is 0.166 e. The Labute approximate surface area is 83.8 Å². The molecular weight excluding hydrogens is 221 g/mol. The topological polar surface area (TPSA) is 0 Å². The van der Waals surface area contributed by atoms with Gasteiger partial charge in [0.25, 0.3) is 0 Å². The molecule has 0 aliphatic heterocycles. The van der Waals surface area contributed by atoms with Crippen molar-refractivity contribution in [3.8, 4) is 0 Å². The molecule has 0 aromatic rings. The Morgan fingerprint density at radius 3 is 2.54 bits per heavy atom. The zero-order chi connectivity index (χ0) is 10.1. The first-order valence-electron chi connectivity index (χ1n) is 3.47. The lowest BCUT2D eigenvalue weighted by Gasteiger charge is -2.18. The van der Waals surface area contributed by atoms with Gasteiger partial charge in [-0.25, -0.2) is 0 Å². The number of rotatable bonds is 1. The normalized spacial score (nSPS) is 23.9. The van der Waals surface area contributed by atoms with E-state index in [1.165, 1.54) is 11.8 Å². The van der Waals surface area contributed by atoms with Crippen LogP contribution < -0.4 is 0 Å². The average molecular weight is 228 g/mol. The summed E-state index contributed by atoms with van der Waals surface area (Å²) < 4.78 is 36.7. The summed E-state index contributed by atoms with van der Waals surface area (Å²) in [5.74, 6) is 0. The van der Waals surface area contributed by atoms with E-state index < -0.39 is 11.7 Å². The third-order valence-corrected chi connectivity index (χ3v) is 2.61. The Bertz CT molecular complexity index is 255. The van der Waals surface area contributed by atoms with Gasteiger partial charge in [0.05, 0.1) is 5.57 Å². The summed E-state index contributed by atoms with van der Waals surface area (Å²) >= 11 is 6.85. The molecule has 13 heavy (non-hydrogen) atoms. The molecule has 0 saturated carbocycles. The molecule has 73 valence electrons. The number of hydrogen-bond acceptors (Lipinski definition) is 1. The van der Waals surface area contributed by atoms with Crippen LogP contribution in [0.3, 0.4) is 0 Å². The molecule has 0 saturated heterocycles. The Kier molecular flexibility index (Phi) is 3.35. The van der Waals surface area contributed by atoms with Crippen molar-refractivity contribution in [3.05, 3.63) is 29.2 Å². The summed E-state index contributed by atoms with van der Waals surface area (Å²) in [7, 11) is 0. The van der Waals surface area contributed by atoms with Crippen LogP contribution in [0.25, 0.3) is 0 Å². The van der Waals surface area contributed by atoms with E-state index in [4.69, 9.17) is 11.6 Å². The molecule has 0 heterocycles. The number of hydrogen-bond donors (Lipinski definition) is 0. The molecule has 1 unspecified atom stereocenters. The molecule has 0 aromatic heterocycles. The third-order valence-electron chi connectivity index (χ3n) is 1.56. The minimum Gasteiger partial charge on any atom is -0.166 e. The summed E-state index contributed by atoms with van der Waals surface area (Å²) in [6.07, 6.45) is 1.12. The van der Waals surface area contributed by atoms with Gasteiger partial charge >= 0.3 is 6.18 Å². The first kappa shape index (κ1) is 11.0. The van der Waals surface area contributed by atoms with Crippen LogP contribution >= 0.6 is 23.4 Å². The van der Waals surface area contributed by atoms with E-state index in [1.54, 1.807) is 12.7 Å². The summed E-state index contributed by atoms with van der Waals surface area (Å²) in [6, 6.07) is 0. The SMILES string of the molecule is CSC1[CH]C(Cl)=CC(C(F)(F)F)=C1. The van der Waals surface area contributed by atoms with Crippen molar-refractivity contribution >= 4 is 23.4 Å². The molecule has 0 bridgehead atoms. The van der Waals surface area contributed by atoms with Crippen molar-refractivity contribution in [1.82, 2.24) is 0 Å². The maximum Gasteiger partial charge on any atom is 0.416 e. The Balaban J connectivity index is 2.89. The fourth-order valence-electron chi connectivity index (χ4n) is 0.939. The minimum absolute atomic E-state index is 0.147. The Morgan fingerprint density at radius 1 is 1.46 bits per heavy atom. The fraction of sp³-hybridized carbons (Fsp3) is 0.375. The van der Waals surface area contributed by atoms with Crippen LogP contribution in [0.15, 0.2) is 22.8 Å². The highest BCUT2D eigenvalue weighted by Gasteiger charge is 2.34. The second-order valence-corrected chi connectivity index (χ2v) is 3.97. The monoisotopic (exact) mass is 227 g/mol. The number of alkyl halides is 3. The molecule has 1 atom stereocenters. The van der Waals surface area contributed by atoms with Crippen molar-refractivity contribution in [1.29, 1.82) is 0 Å². The van der Waals surface area contributed by atoms with Crippen LogP contribution in [0.2, 0.25) is 0 Å². The molecular formula is C8H7ClF3S. The molecule has 1 aliphatic carbocycles. The largest absolute Gasteiger partial charge is 0.416 e. The second kappa shape index (κ2) is 3.96. The number of thioether (sulfide) groups is 1. The van der Waals surface area contributed by atoms with Gasteiger partial charge in [-0.05, 0) is 12.3 Å². The lowest BCUT2D eigenvalue weighted by molar-refractivity contribution is -0.0885. The number of allylic oxidation sites excluding steroid dienone is 3. The first-order chi connectivity index (χ1) is 5.93. The zero-order valence-corrected chi connectivity index (χ0v) is 8.30. The standard InChI is InChI=1S/C8H7ClF3S/c1-13-7-3-5(8(10,11)12)2-6(9)4-7/h2-4,7H,1H3. The van der Waals surface area contributed by atoms with Gasteiger partial charge in [-0.1, -0.05) is 17.7 Å². The van der Waals surface area contributed by atoms with Crippen LogP contribution in [-0.2, 0) is 0 Å². The quantitative estimate of drug-likeness (QED) is 0.660. The van der Waals surface area contributed by atoms with E-state index in [-0.39, 0.29) is 10.3 Å². The third kappa shape index (κ3) is 2.95. The molecule has 0 amide bonds. The Morgan fingerprint density at radius 2 is 2.08 bits per heavy atom. The first-order valence-corrected chi connectivity index (χ1v) is 5.14. The highest BCUT2D eigenvalue weighted by molar-refractivity contribution is 7.99. The van der Waals surface area contributed by atoms with Crippen molar-refractivity contribution in [2.75, 3.05) is 6.26 Å². The average Bonchev–Trinajstić information content (AvgIpc) is 2.01. The van der Waals surface area contributed by atoms with Gasteiger partial charge in [0.1, 0.15) is 0 Å². The van der Waals surface area contributed by atoms with E-state index in [1.807, 2.05) is 0 Å². The molecule has 0 N–H and O–H groups in total. The van der Waals surface area contributed by atoms with Gasteiger partial charge < -0.3 is 0 Å². The highest BCUT2D eigenvalue weighted by atomic mass is 35.5.